The van der Waals surface area contributed by atoms with Gasteiger partial charge in [0.05, 0.1) is 11.9 Å². The molecule has 2 rings (SSSR count). The van der Waals surface area contributed by atoms with Gasteiger partial charge < -0.3 is 14.4 Å². The van der Waals surface area contributed by atoms with Crippen LogP contribution in [0.4, 0.5) is 0 Å². The summed E-state index contributed by atoms with van der Waals surface area (Å²) < 4.78 is 7.65. The first kappa shape index (κ1) is 15.3. The highest BCUT2D eigenvalue weighted by molar-refractivity contribution is 7.99. The topological polar surface area (TPSA) is 77.2 Å². The van der Waals surface area contributed by atoms with Crippen LogP contribution in [0.2, 0.25) is 0 Å². The zero-order chi connectivity index (χ0) is 14.5. The highest BCUT2D eigenvalue weighted by atomic mass is 32.2. The number of aromatic nitrogens is 3. The zero-order valence-electron chi connectivity index (χ0n) is 11.9. The van der Waals surface area contributed by atoms with Crippen LogP contribution in [0, 0.1) is 0 Å². The number of nitrogens with zero attached hydrogens (tertiary/aromatic N) is 3. The zero-order valence-corrected chi connectivity index (χ0v) is 12.7. The Morgan fingerprint density at radius 2 is 2.35 bits per heavy atom. The van der Waals surface area contributed by atoms with Crippen LogP contribution < -0.4 is 0 Å². The Labute approximate surface area is 122 Å². The lowest BCUT2D eigenvalue weighted by molar-refractivity contribution is -0.133. The van der Waals surface area contributed by atoms with Gasteiger partial charge in [-0.3, -0.25) is 4.79 Å². The van der Waals surface area contributed by atoms with Crippen LogP contribution in [-0.2, 0) is 16.0 Å². The van der Waals surface area contributed by atoms with Crippen molar-refractivity contribution in [3.8, 4) is 0 Å². The Morgan fingerprint density at radius 1 is 1.55 bits per heavy atom. The summed E-state index contributed by atoms with van der Waals surface area (Å²) in [6, 6.07) is 0.223. The van der Waals surface area contributed by atoms with Crippen LogP contribution >= 0.6 is 11.8 Å². The Hall–Kier alpha value is -1.08. The smallest absolute Gasteiger partial charge is 0.313 e. The molecule has 6 nitrogen and oxygen atoms in total. The minimum atomic E-state index is -0.839. The van der Waals surface area contributed by atoms with E-state index in [2.05, 4.69) is 24.0 Å². The van der Waals surface area contributed by atoms with Gasteiger partial charge in [-0.05, 0) is 33.1 Å². The van der Waals surface area contributed by atoms with E-state index < -0.39 is 5.97 Å². The third kappa shape index (κ3) is 3.96. The highest BCUT2D eigenvalue weighted by Crippen LogP contribution is 2.23. The Morgan fingerprint density at radius 3 is 2.95 bits per heavy atom. The molecule has 1 N–H and O–H groups in total. The van der Waals surface area contributed by atoms with Crippen LogP contribution in [0.25, 0.3) is 0 Å². The second kappa shape index (κ2) is 7.08. The van der Waals surface area contributed by atoms with E-state index in [9.17, 15) is 4.79 Å². The fourth-order valence-electron chi connectivity index (χ4n) is 2.38. The minimum Gasteiger partial charge on any atom is -0.481 e. The largest absolute Gasteiger partial charge is 0.481 e. The van der Waals surface area contributed by atoms with Crippen LogP contribution in [0.1, 0.15) is 45.0 Å². The Bertz CT molecular complexity index is 456. The molecule has 1 fully saturated rings. The summed E-state index contributed by atoms with van der Waals surface area (Å²) in [7, 11) is 0. The predicted molar refractivity (Wildman–Crippen MR) is 76.1 cm³/mol. The first-order valence-electron chi connectivity index (χ1n) is 6.98. The van der Waals surface area contributed by atoms with E-state index in [1.807, 2.05) is 4.57 Å². The van der Waals surface area contributed by atoms with Crippen molar-refractivity contribution < 1.29 is 14.6 Å². The number of carboxylic acids is 1. The van der Waals surface area contributed by atoms with Crippen LogP contribution in [0.3, 0.4) is 0 Å². The molecule has 0 aromatic carbocycles. The number of aryl methyl sites for hydroxylation is 1. The van der Waals surface area contributed by atoms with Crippen molar-refractivity contribution >= 4 is 17.7 Å². The van der Waals surface area contributed by atoms with E-state index in [0.29, 0.717) is 11.3 Å². The summed E-state index contributed by atoms with van der Waals surface area (Å²) in [5.41, 5.74) is 0. The van der Waals surface area contributed by atoms with Gasteiger partial charge in [0, 0.05) is 19.1 Å². The first-order valence-corrected chi connectivity index (χ1v) is 7.96. The quantitative estimate of drug-likeness (QED) is 0.777. The first-order chi connectivity index (χ1) is 9.58. The van der Waals surface area contributed by atoms with Crippen molar-refractivity contribution in [2.45, 2.75) is 56.8 Å². The molecule has 0 amide bonds. The van der Waals surface area contributed by atoms with Gasteiger partial charge in [-0.1, -0.05) is 11.8 Å². The molecule has 1 aliphatic heterocycles. The average molecular weight is 299 g/mol. The molecule has 112 valence electrons. The second-order valence-electron chi connectivity index (χ2n) is 5.22. The Kier molecular flexibility index (Phi) is 5.42. The maximum absolute atomic E-state index is 10.7. The number of thioether (sulfide) groups is 1. The van der Waals surface area contributed by atoms with E-state index in [0.717, 1.165) is 38.1 Å². The molecule has 0 radical (unpaired) electrons. The molecule has 0 spiro atoms. The fraction of sp³-hybridized carbons (Fsp3) is 0.769. The van der Waals surface area contributed by atoms with E-state index >= 15 is 0 Å². The molecule has 1 atom stereocenters. The molecule has 0 bridgehead atoms. The molecule has 1 aromatic rings. The summed E-state index contributed by atoms with van der Waals surface area (Å²) in [6.45, 7) is 4.98. The molecule has 20 heavy (non-hydrogen) atoms. The van der Waals surface area contributed by atoms with Gasteiger partial charge in [0.1, 0.15) is 5.82 Å². The molecule has 0 aliphatic carbocycles. The lowest BCUT2D eigenvalue weighted by atomic mass is 10.1. The number of rotatable bonds is 7. The maximum atomic E-state index is 10.7. The lowest BCUT2D eigenvalue weighted by Gasteiger charge is -2.14. The number of hydrogen-bond donors (Lipinski definition) is 1. The molecule has 1 unspecified atom stereocenters. The standard InChI is InChI=1S/C13H21N3O3S/c1-9(2)16-11(6-5-10-4-3-7-19-10)14-15-13(16)20-8-12(17)18/h9-10H,3-8H2,1-2H3,(H,17,18). The third-order valence-electron chi connectivity index (χ3n) is 3.29. The summed E-state index contributed by atoms with van der Waals surface area (Å²) in [5, 5.41) is 17.8. The second-order valence-corrected chi connectivity index (χ2v) is 6.16. The molecule has 1 saturated heterocycles. The summed E-state index contributed by atoms with van der Waals surface area (Å²) >= 11 is 1.22. The van der Waals surface area contributed by atoms with E-state index in [1.165, 1.54) is 11.8 Å². The number of carbonyl (C=O) groups is 1. The monoisotopic (exact) mass is 299 g/mol. The summed E-state index contributed by atoms with van der Waals surface area (Å²) in [6.07, 6.45) is 4.37. The number of aliphatic carboxylic acids is 1. The number of ether oxygens (including phenoxy) is 1. The van der Waals surface area contributed by atoms with Gasteiger partial charge in [-0.25, -0.2) is 0 Å². The summed E-state index contributed by atoms with van der Waals surface area (Å²) in [5.74, 6) is 0.0916. The van der Waals surface area contributed by atoms with Crippen molar-refractivity contribution in [1.82, 2.24) is 14.8 Å². The van der Waals surface area contributed by atoms with Gasteiger partial charge in [0.15, 0.2) is 5.16 Å². The molecular formula is C13H21N3O3S. The van der Waals surface area contributed by atoms with Gasteiger partial charge in [-0.2, -0.15) is 0 Å². The van der Waals surface area contributed by atoms with Gasteiger partial charge in [0.25, 0.3) is 0 Å². The summed E-state index contributed by atoms with van der Waals surface area (Å²) in [4.78, 5) is 10.7. The van der Waals surface area contributed by atoms with Gasteiger partial charge in [-0.15, -0.1) is 10.2 Å². The van der Waals surface area contributed by atoms with Crippen LogP contribution in [0.5, 0.6) is 0 Å². The van der Waals surface area contributed by atoms with Crippen molar-refractivity contribution in [2.24, 2.45) is 0 Å². The van der Waals surface area contributed by atoms with E-state index in [-0.39, 0.29) is 11.8 Å². The Balaban J connectivity index is 2.01. The molecular weight excluding hydrogens is 278 g/mol. The molecule has 0 saturated carbocycles. The van der Waals surface area contributed by atoms with E-state index in [4.69, 9.17) is 9.84 Å². The van der Waals surface area contributed by atoms with Crippen molar-refractivity contribution in [2.75, 3.05) is 12.4 Å². The third-order valence-corrected chi connectivity index (χ3v) is 4.22. The lowest BCUT2D eigenvalue weighted by Crippen LogP contribution is -2.12. The maximum Gasteiger partial charge on any atom is 0.313 e. The molecule has 1 aromatic heterocycles. The molecule has 2 heterocycles. The highest BCUT2D eigenvalue weighted by Gasteiger charge is 2.20. The normalized spacial score (nSPS) is 18.9. The van der Waals surface area contributed by atoms with Crippen LogP contribution in [0.15, 0.2) is 5.16 Å². The predicted octanol–water partition coefficient (Wildman–Crippen LogP) is 2.15. The van der Waals surface area contributed by atoms with Crippen LogP contribution in [-0.4, -0.2) is 44.3 Å². The van der Waals surface area contributed by atoms with Gasteiger partial charge >= 0.3 is 5.97 Å². The number of hydrogen-bond acceptors (Lipinski definition) is 5. The van der Waals surface area contributed by atoms with Crippen molar-refractivity contribution in [3.63, 3.8) is 0 Å². The fourth-order valence-corrected chi connectivity index (χ4v) is 3.19. The van der Waals surface area contributed by atoms with Crippen molar-refractivity contribution in [1.29, 1.82) is 0 Å². The molecule has 7 heteroatoms. The van der Waals surface area contributed by atoms with E-state index in [1.54, 1.807) is 0 Å². The SMILES string of the molecule is CC(C)n1c(CCC2CCCO2)nnc1SCC(=O)O. The number of carboxylic acid groups (broad SMARTS) is 1. The molecule has 1 aliphatic rings. The van der Waals surface area contributed by atoms with Crippen molar-refractivity contribution in [3.05, 3.63) is 5.82 Å². The average Bonchev–Trinajstić information content (AvgIpc) is 3.03. The minimum absolute atomic E-state index is 0.0105. The van der Waals surface area contributed by atoms with Gasteiger partial charge in [0.2, 0.25) is 0 Å².